The minimum absolute atomic E-state index is 0.296. The van der Waals surface area contributed by atoms with Crippen molar-refractivity contribution in [1.82, 2.24) is 5.32 Å². The molecule has 15 heavy (non-hydrogen) atoms. The van der Waals surface area contributed by atoms with Gasteiger partial charge < -0.3 is 4.90 Å². The summed E-state index contributed by atoms with van der Waals surface area (Å²) < 4.78 is 13.1. The minimum atomic E-state index is -1.02. The smallest absolute Gasteiger partial charge is 0.168 e. The Balaban J connectivity index is 2.24. The van der Waals surface area contributed by atoms with Gasteiger partial charge in [-0.25, -0.2) is 4.39 Å². The number of anilines is 1. The number of alkyl halides is 1. The van der Waals surface area contributed by atoms with Crippen LogP contribution in [-0.2, 0) is 0 Å². The highest BCUT2D eigenvalue weighted by molar-refractivity contribution is 5.84. The molecule has 1 atom stereocenters. The number of nitrogens with one attached hydrogen (secondary N) is 1. The highest BCUT2D eigenvalue weighted by atomic mass is 19.1. The Morgan fingerprint density at radius 2 is 2.27 bits per heavy atom. The van der Waals surface area contributed by atoms with Gasteiger partial charge in [0.05, 0.1) is 6.54 Å². The molecule has 4 heteroatoms. The predicted molar refractivity (Wildman–Crippen MR) is 56.9 cm³/mol. The fraction of sp³-hybridized carbons (Fsp3) is 0.364. The number of carbonyl (C=O) groups is 1. The summed E-state index contributed by atoms with van der Waals surface area (Å²) in [5.41, 5.74) is 1.43. The number of benzene rings is 1. The molecule has 1 heterocycles. The normalized spacial score (nSPS) is 21.4. The van der Waals surface area contributed by atoms with E-state index < -0.39 is 6.30 Å². The second-order valence-corrected chi connectivity index (χ2v) is 3.54. The van der Waals surface area contributed by atoms with Gasteiger partial charge in [-0.15, -0.1) is 0 Å². The van der Waals surface area contributed by atoms with E-state index >= 15 is 0 Å². The van der Waals surface area contributed by atoms with Crippen molar-refractivity contribution in [3.05, 3.63) is 29.8 Å². The molecule has 2 rings (SSSR count). The quantitative estimate of drug-likeness (QED) is 0.585. The lowest BCUT2D eigenvalue weighted by atomic mass is 10.1. The van der Waals surface area contributed by atoms with Crippen molar-refractivity contribution in [2.75, 3.05) is 24.5 Å². The van der Waals surface area contributed by atoms with E-state index in [0.717, 1.165) is 18.5 Å². The van der Waals surface area contributed by atoms with Gasteiger partial charge >= 0.3 is 0 Å². The molecule has 1 N–H and O–H groups in total. The van der Waals surface area contributed by atoms with E-state index in [4.69, 9.17) is 0 Å². The van der Waals surface area contributed by atoms with E-state index in [9.17, 15) is 9.18 Å². The maximum absolute atomic E-state index is 13.1. The zero-order valence-electron chi connectivity index (χ0n) is 8.32. The lowest BCUT2D eigenvalue weighted by Gasteiger charge is -2.32. The third-order valence-corrected chi connectivity index (χ3v) is 2.53. The third kappa shape index (κ3) is 2.15. The van der Waals surface area contributed by atoms with E-state index in [2.05, 4.69) is 5.32 Å². The van der Waals surface area contributed by atoms with Crippen molar-refractivity contribution in [3.63, 3.8) is 0 Å². The largest absolute Gasteiger partial charge is 0.365 e. The number of rotatable bonds is 2. The highest BCUT2D eigenvalue weighted by Crippen LogP contribution is 2.20. The molecule has 1 aromatic carbocycles. The lowest BCUT2D eigenvalue weighted by molar-refractivity contribution is 0.112. The van der Waals surface area contributed by atoms with Crippen LogP contribution in [0.5, 0.6) is 0 Å². The van der Waals surface area contributed by atoms with Crippen molar-refractivity contribution in [2.24, 2.45) is 0 Å². The number of nitrogens with zero attached hydrogens (tertiary/aromatic N) is 1. The second kappa shape index (κ2) is 4.40. The average Bonchev–Trinajstić information content (AvgIpc) is 2.29. The van der Waals surface area contributed by atoms with Crippen LogP contribution in [-0.4, -0.2) is 32.2 Å². The molecule has 1 saturated heterocycles. The zero-order chi connectivity index (χ0) is 10.7. The Kier molecular flexibility index (Phi) is 2.97. The highest BCUT2D eigenvalue weighted by Gasteiger charge is 2.19. The molecule has 0 spiro atoms. The van der Waals surface area contributed by atoms with Crippen LogP contribution in [0, 0.1) is 0 Å². The monoisotopic (exact) mass is 208 g/mol. The summed E-state index contributed by atoms with van der Waals surface area (Å²) in [5.74, 6) is 0. The van der Waals surface area contributed by atoms with Gasteiger partial charge in [-0.1, -0.05) is 12.1 Å². The van der Waals surface area contributed by atoms with Crippen LogP contribution in [0.4, 0.5) is 10.1 Å². The second-order valence-electron chi connectivity index (χ2n) is 3.54. The van der Waals surface area contributed by atoms with Gasteiger partial charge in [-0.3, -0.25) is 10.1 Å². The fourth-order valence-corrected chi connectivity index (χ4v) is 1.80. The Labute approximate surface area is 87.9 Å². The van der Waals surface area contributed by atoms with Crippen molar-refractivity contribution in [3.8, 4) is 0 Å². The molecular weight excluding hydrogens is 195 g/mol. The summed E-state index contributed by atoms with van der Waals surface area (Å²) in [4.78, 5) is 12.7. The molecule has 1 unspecified atom stereocenters. The molecule has 0 amide bonds. The molecule has 0 radical (unpaired) electrons. The van der Waals surface area contributed by atoms with Gasteiger partial charge in [0.1, 0.15) is 0 Å². The first kappa shape index (κ1) is 10.1. The van der Waals surface area contributed by atoms with Gasteiger partial charge in [0.15, 0.2) is 12.6 Å². The Morgan fingerprint density at radius 1 is 1.47 bits per heavy atom. The molecule has 1 fully saturated rings. The third-order valence-electron chi connectivity index (χ3n) is 2.53. The van der Waals surface area contributed by atoms with Gasteiger partial charge in [-0.05, 0) is 12.1 Å². The van der Waals surface area contributed by atoms with Crippen LogP contribution < -0.4 is 10.2 Å². The van der Waals surface area contributed by atoms with Crippen LogP contribution in [0.25, 0.3) is 0 Å². The van der Waals surface area contributed by atoms with E-state index in [1.54, 1.807) is 6.07 Å². The minimum Gasteiger partial charge on any atom is -0.365 e. The first-order valence-electron chi connectivity index (χ1n) is 4.98. The van der Waals surface area contributed by atoms with Gasteiger partial charge in [-0.2, -0.15) is 0 Å². The lowest BCUT2D eigenvalue weighted by Crippen LogP contribution is -2.48. The molecule has 1 aromatic rings. The number of carbonyl (C=O) groups excluding carboxylic acids is 1. The van der Waals surface area contributed by atoms with Crippen LogP contribution >= 0.6 is 0 Å². The van der Waals surface area contributed by atoms with E-state index in [-0.39, 0.29) is 0 Å². The summed E-state index contributed by atoms with van der Waals surface area (Å²) in [6.07, 6.45) is -0.205. The SMILES string of the molecule is O=Cc1ccccc1N1CCNC(F)C1. The first-order valence-corrected chi connectivity index (χ1v) is 4.98. The summed E-state index contributed by atoms with van der Waals surface area (Å²) in [6, 6.07) is 7.26. The van der Waals surface area contributed by atoms with E-state index in [1.807, 2.05) is 23.1 Å². The molecule has 80 valence electrons. The van der Waals surface area contributed by atoms with Gasteiger partial charge in [0.25, 0.3) is 0 Å². The van der Waals surface area contributed by atoms with Crippen molar-refractivity contribution in [2.45, 2.75) is 6.30 Å². The molecule has 0 aliphatic carbocycles. The molecule has 3 nitrogen and oxygen atoms in total. The van der Waals surface area contributed by atoms with Crippen molar-refractivity contribution >= 4 is 12.0 Å². The number of halogens is 1. The molecule has 0 aromatic heterocycles. The van der Waals surface area contributed by atoms with E-state index in [1.165, 1.54) is 0 Å². The van der Waals surface area contributed by atoms with Gasteiger partial charge in [0.2, 0.25) is 0 Å². The van der Waals surface area contributed by atoms with Crippen LogP contribution in [0.15, 0.2) is 24.3 Å². The predicted octanol–water partition coefficient (Wildman–Crippen LogP) is 1.20. The Bertz CT molecular complexity index is 356. The van der Waals surface area contributed by atoms with Crippen LogP contribution in [0.3, 0.4) is 0 Å². The average molecular weight is 208 g/mol. The Morgan fingerprint density at radius 3 is 3.00 bits per heavy atom. The molecule has 0 saturated carbocycles. The van der Waals surface area contributed by atoms with Gasteiger partial charge in [0, 0.05) is 24.3 Å². The standard InChI is InChI=1S/C11H13FN2O/c12-11-7-14(6-5-13-11)10-4-2-1-3-9(10)8-15/h1-4,8,11,13H,5-7H2. The number of hydrogen-bond donors (Lipinski definition) is 1. The topological polar surface area (TPSA) is 32.3 Å². The first-order chi connectivity index (χ1) is 7.31. The maximum Gasteiger partial charge on any atom is 0.168 e. The zero-order valence-corrected chi connectivity index (χ0v) is 8.32. The number of piperazine rings is 1. The number of para-hydroxylation sites is 1. The van der Waals surface area contributed by atoms with E-state index in [0.29, 0.717) is 18.7 Å². The molecule has 0 bridgehead atoms. The van der Waals surface area contributed by atoms with Crippen LogP contribution in [0.1, 0.15) is 10.4 Å². The maximum atomic E-state index is 13.1. The summed E-state index contributed by atoms with van der Waals surface area (Å²) >= 11 is 0. The summed E-state index contributed by atoms with van der Waals surface area (Å²) in [5, 5.41) is 2.72. The fourth-order valence-electron chi connectivity index (χ4n) is 1.80. The number of hydrogen-bond acceptors (Lipinski definition) is 3. The van der Waals surface area contributed by atoms with Crippen molar-refractivity contribution in [1.29, 1.82) is 0 Å². The summed E-state index contributed by atoms with van der Waals surface area (Å²) in [7, 11) is 0. The molecule has 1 aliphatic rings. The molecular formula is C11H13FN2O. The molecule has 1 aliphatic heterocycles. The summed E-state index contributed by atoms with van der Waals surface area (Å²) in [6.45, 7) is 1.63. The van der Waals surface area contributed by atoms with Crippen LogP contribution in [0.2, 0.25) is 0 Å². The Hall–Kier alpha value is -1.42. The van der Waals surface area contributed by atoms with Crippen molar-refractivity contribution < 1.29 is 9.18 Å². The number of aldehydes is 1.